The number of carbonyl (C=O) groups is 1. The predicted molar refractivity (Wildman–Crippen MR) is 88.1 cm³/mol. The summed E-state index contributed by atoms with van der Waals surface area (Å²) in [5.41, 5.74) is 0.169. The zero-order chi connectivity index (χ0) is 16.8. The predicted octanol–water partition coefficient (Wildman–Crippen LogP) is 1.99. The van der Waals surface area contributed by atoms with Crippen LogP contribution in [0.25, 0.3) is 0 Å². The molecule has 1 heterocycles. The zero-order valence-corrected chi connectivity index (χ0v) is 13.5. The Morgan fingerprint density at radius 3 is 2.74 bits per heavy atom. The van der Waals surface area contributed by atoms with Crippen LogP contribution in [0.3, 0.4) is 0 Å². The van der Waals surface area contributed by atoms with E-state index in [1.54, 1.807) is 31.2 Å². The third kappa shape index (κ3) is 5.03. The van der Waals surface area contributed by atoms with Gasteiger partial charge >= 0.3 is 0 Å². The number of nitrogens with one attached hydrogen (secondary N) is 2. The maximum absolute atomic E-state index is 12.2. The van der Waals surface area contributed by atoms with Crippen LogP contribution in [0.2, 0.25) is 0 Å². The van der Waals surface area contributed by atoms with Gasteiger partial charge in [0.05, 0.1) is 17.9 Å². The van der Waals surface area contributed by atoms with Gasteiger partial charge in [-0.25, -0.2) is 0 Å². The number of carbonyl (C=O) groups excluding carboxylic acids is 1. The van der Waals surface area contributed by atoms with Crippen LogP contribution in [0.4, 0.5) is 5.69 Å². The Labute approximate surface area is 137 Å². The van der Waals surface area contributed by atoms with Gasteiger partial charge in [-0.2, -0.15) is 4.98 Å². The molecular formula is C15H17N3O4S. The van der Waals surface area contributed by atoms with Crippen LogP contribution in [-0.2, 0) is 4.79 Å². The van der Waals surface area contributed by atoms with E-state index >= 15 is 0 Å². The second-order valence-corrected chi connectivity index (χ2v) is 5.94. The first-order valence-electron chi connectivity index (χ1n) is 6.98. The quantitative estimate of drug-likeness (QED) is 0.551. The Morgan fingerprint density at radius 2 is 2.13 bits per heavy atom. The van der Waals surface area contributed by atoms with Gasteiger partial charge in [0.2, 0.25) is 11.8 Å². The molecule has 1 aromatic carbocycles. The van der Waals surface area contributed by atoms with Crippen molar-refractivity contribution in [2.45, 2.75) is 24.3 Å². The molecule has 2 aromatic rings. The fourth-order valence-electron chi connectivity index (χ4n) is 1.74. The highest BCUT2D eigenvalue weighted by Crippen LogP contribution is 2.22. The van der Waals surface area contributed by atoms with Gasteiger partial charge in [0.25, 0.3) is 5.56 Å². The summed E-state index contributed by atoms with van der Waals surface area (Å²) < 4.78 is 5.33. The minimum atomic E-state index is -0.508. The van der Waals surface area contributed by atoms with Gasteiger partial charge < -0.3 is 20.1 Å². The largest absolute Gasteiger partial charge is 0.494 e. The molecular weight excluding hydrogens is 318 g/mol. The van der Waals surface area contributed by atoms with Gasteiger partial charge in [-0.3, -0.25) is 9.59 Å². The van der Waals surface area contributed by atoms with Crippen LogP contribution in [0.15, 0.2) is 40.3 Å². The number of aromatic amines is 1. The molecule has 0 bridgehead atoms. The Kier molecular flexibility index (Phi) is 5.64. The number of hydrogen-bond acceptors (Lipinski definition) is 6. The van der Waals surface area contributed by atoms with Gasteiger partial charge in [-0.15, -0.1) is 0 Å². The van der Waals surface area contributed by atoms with Gasteiger partial charge in [-0.1, -0.05) is 11.8 Å². The van der Waals surface area contributed by atoms with E-state index in [0.29, 0.717) is 12.3 Å². The average Bonchev–Trinajstić information content (AvgIpc) is 2.48. The number of aromatic hydroxyl groups is 1. The second-order valence-electron chi connectivity index (χ2n) is 4.62. The average molecular weight is 335 g/mol. The second kappa shape index (κ2) is 7.68. The Morgan fingerprint density at radius 1 is 1.43 bits per heavy atom. The van der Waals surface area contributed by atoms with E-state index in [1.807, 2.05) is 6.92 Å². The lowest BCUT2D eigenvalue weighted by atomic mass is 10.3. The smallest absolute Gasteiger partial charge is 0.255 e. The van der Waals surface area contributed by atoms with Gasteiger partial charge in [0, 0.05) is 5.69 Å². The summed E-state index contributed by atoms with van der Waals surface area (Å²) in [5, 5.41) is 11.7. The van der Waals surface area contributed by atoms with Crippen molar-refractivity contribution < 1.29 is 14.6 Å². The van der Waals surface area contributed by atoms with Crippen molar-refractivity contribution in [3.63, 3.8) is 0 Å². The lowest BCUT2D eigenvalue weighted by Crippen LogP contribution is -2.23. The molecule has 0 saturated heterocycles. The highest BCUT2D eigenvalue weighted by Gasteiger charge is 2.16. The van der Waals surface area contributed by atoms with E-state index in [2.05, 4.69) is 15.3 Å². The fraction of sp³-hybridized carbons (Fsp3) is 0.267. The summed E-state index contributed by atoms with van der Waals surface area (Å²) in [6, 6.07) is 7.99. The molecule has 1 amide bonds. The number of ether oxygens (including phenoxy) is 1. The van der Waals surface area contributed by atoms with Gasteiger partial charge in [0.15, 0.2) is 5.16 Å². The number of H-pyrrole nitrogens is 1. The minimum Gasteiger partial charge on any atom is -0.494 e. The number of amides is 1. The van der Waals surface area contributed by atoms with Gasteiger partial charge in [-0.05, 0) is 38.1 Å². The van der Waals surface area contributed by atoms with E-state index in [9.17, 15) is 14.7 Å². The lowest BCUT2D eigenvalue weighted by Gasteiger charge is -2.12. The Balaban J connectivity index is 1.97. The summed E-state index contributed by atoms with van der Waals surface area (Å²) in [6.45, 7) is 4.15. The summed E-state index contributed by atoms with van der Waals surface area (Å²) in [6.07, 6.45) is 0. The maximum atomic E-state index is 12.2. The van der Waals surface area contributed by atoms with Crippen LogP contribution >= 0.6 is 11.8 Å². The highest BCUT2D eigenvalue weighted by molar-refractivity contribution is 8.00. The van der Waals surface area contributed by atoms with Crippen molar-refractivity contribution in [3.05, 3.63) is 40.7 Å². The molecule has 7 nitrogen and oxygen atoms in total. The van der Waals surface area contributed by atoms with Crippen molar-refractivity contribution in [1.29, 1.82) is 0 Å². The molecule has 2 rings (SSSR count). The highest BCUT2D eigenvalue weighted by atomic mass is 32.2. The first kappa shape index (κ1) is 16.9. The van der Waals surface area contributed by atoms with Crippen molar-refractivity contribution in [3.8, 4) is 11.6 Å². The molecule has 122 valence electrons. The van der Waals surface area contributed by atoms with Crippen molar-refractivity contribution in [2.75, 3.05) is 11.9 Å². The Hall–Kier alpha value is -2.48. The molecule has 8 heteroatoms. The van der Waals surface area contributed by atoms with Crippen molar-refractivity contribution >= 4 is 23.4 Å². The molecule has 0 aliphatic rings. The van der Waals surface area contributed by atoms with Crippen LogP contribution in [-0.4, -0.2) is 32.8 Å². The number of rotatable bonds is 6. The number of anilines is 1. The van der Waals surface area contributed by atoms with E-state index in [0.717, 1.165) is 23.6 Å². The standard InChI is InChI=1S/C15H17N3O4S/c1-3-22-11-6-4-10(5-7-11)16-14(21)9(2)23-15-17-12(19)8-13(20)18-15/h4-9H,3H2,1-2H3,(H,16,21)(H2,17,18,19,20). The molecule has 0 aliphatic carbocycles. The molecule has 0 saturated carbocycles. The van der Waals surface area contributed by atoms with Crippen LogP contribution in [0.5, 0.6) is 11.6 Å². The maximum Gasteiger partial charge on any atom is 0.255 e. The molecule has 0 radical (unpaired) electrons. The molecule has 0 aliphatic heterocycles. The number of nitrogens with zero attached hydrogens (tertiary/aromatic N) is 1. The summed E-state index contributed by atoms with van der Waals surface area (Å²) in [4.78, 5) is 29.6. The molecule has 3 N–H and O–H groups in total. The van der Waals surface area contributed by atoms with E-state index in [-0.39, 0.29) is 16.9 Å². The molecule has 1 unspecified atom stereocenters. The first-order chi connectivity index (χ1) is 11.0. The lowest BCUT2D eigenvalue weighted by molar-refractivity contribution is -0.115. The van der Waals surface area contributed by atoms with Crippen LogP contribution < -0.4 is 15.6 Å². The number of benzene rings is 1. The normalized spacial score (nSPS) is 11.7. The minimum absolute atomic E-state index is 0.185. The molecule has 1 atom stereocenters. The van der Waals surface area contributed by atoms with Crippen molar-refractivity contribution in [2.24, 2.45) is 0 Å². The summed E-state index contributed by atoms with van der Waals surface area (Å²) >= 11 is 1.05. The fourth-order valence-corrected chi connectivity index (χ4v) is 2.55. The SMILES string of the molecule is CCOc1ccc(NC(=O)C(C)Sc2nc(O)cc(=O)[nH]2)cc1. The Bertz CT molecular complexity index is 730. The number of hydrogen-bond donors (Lipinski definition) is 3. The molecule has 0 fully saturated rings. The third-order valence-electron chi connectivity index (χ3n) is 2.80. The topological polar surface area (TPSA) is 104 Å². The number of thioether (sulfide) groups is 1. The molecule has 0 spiro atoms. The first-order valence-corrected chi connectivity index (χ1v) is 7.86. The summed E-state index contributed by atoms with van der Waals surface area (Å²) in [5.74, 6) is 0.106. The van der Waals surface area contributed by atoms with E-state index < -0.39 is 10.8 Å². The van der Waals surface area contributed by atoms with Gasteiger partial charge in [0.1, 0.15) is 5.75 Å². The zero-order valence-electron chi connectivity index (χ0n) is 12.7. The van der Waals surface area contributed by atoms with E-state index in [4.69, 9.17) is 4.74 Å². The summed E-state index contributed by atoms with van der Waals surface area (Å²) in [7, 11) is 0. The van der Waals surface area contributed by atoms with E-state index in [1.165, 1.54) is 0 Å². The van der Waals surface area contributed by atoms with Crippen LogP contribution in [0, 0.1) is 0 Å². The van der Waals surface area contributed by atoms with Crippen LogP contribution in [0.1, 0.15) is 13.8 Å². The van der Waals surface area contributed by atoms with Crippen molar-refractivity contribution in [1.82, 2.24) is 9.97 Å². The third-order valence-corrected chi connectivity index (χ3v) is 3.78. The molecule has 1 aromatic heterocycles. The molecule has 23 heavy (non-hydrogen) atoms. The monoisotopic (exact) mass is 335 g/mol. The number of aromatic nitrogens is 2.